The van der Waals surface area contributed by atoms with E-state index in [4.69, 9.17) is 9.47 Å². The van der Waals surface area contributed by atoms with Crippen LogP contribution in [0.5, 0.6) is 0 Å². The molecule has 3 aliphatic rings. The first-order valence-electron chi connectivity index (χ1n) is 16.6. The SMILES string of the molecule is CCc1c(C)c2[nH]c1=Cc1[nH]c3c(c1C)C(=O)C(C)(C(=O)OC)C3=C1NC(=Cc3[nH]c(c(C(C)C)c3C)C=2)C(C)C1CCC(=O)OC. The van der Waals surface area contributed by atoms with E-state index in [2.05, 4.69) is 80.0 Å². The molecule has 0 amide bonds. The number of hydrogen-bond donors (Lipinski definition) is 4. The summed E-state index contributed by atoms with van der Waals surface area (Å²) in [5.74, 6) is -1.20. The molecule has 5 heterocycles. The fourth-order valence-electron chi connectivity index (χ4n) is 8.16. The number of aromatic amines is 3. The Morgan fingerprint density at radius 3 is 2.23 bits per heavy atom. The third kappa shape index (κ3) is 4.76. The first-order chi connectivity index (χ1) is 22.3. The molecule has 0 aromatic carbocycles. The number of hydrogen-bond acceptors (Lipinski definition) is 6. The Hall–Kier alpha value is -4.53. The van der Waals surface area contributed by atoms with E-state index in [1.54, 1.807) is 6.92 Å². The molecule has 0 radical (unpaired) electrons. The van der Waals surface area contributed by atoms with Crippen molar-refractivity contribution in [2.75, 3.05) is 14.2 Å². The smallest absolute Gasteiger partial charge is 0.324 e. The fourth-order valence-corrected chi connectivity index (χ4v) is 8.16. The van der Waals surface area contributed by atoms with Gasteiger partial charge in [-0.15, -0.1) is 0 Å². The average Bonchev–Trinajstić information content (AvgIpc) is 3.76. The molecule has 47 heavy (non-hydrogen) atoms. The molecule has 1 fully saturated rings. The highest BCUT2D eigenvalue weighted by Gasteiger charge is 2.57. The summed E-state index contributed by atoms with van der Waals surface area (Å²) >= 11 is 0. The largest absolute Gasteiger partial charge is 0.469 e. The van der Waals surface area contributed by atoms with Gasteiger partial charge in [-0.25, -0.2) is 0 Å². The van der Waals surface area contributed by atoms with Crippen LogP contribution in [-0.4, -0.2) is 46.9 Å². The van der Waals surface area contributed by atoms with Crippen molar-refractivity contribution in [2.24, 2.45) is 17.3 Å². The summed E-state index contributed by atoms with van der Waals surface area (Å²) in [7, 11) is 2.71. The predicted molar refractivity (Wildman–Crippen MR) is 183 cm³/mol. The van der Waals surface area contributed by atoms with E-state index in [9.17, 15) is 14.4 Å². The van der Waals surface area contributed by atoms with Crippen LogP contribution in [-0.2, 0) is 25.5 Å². The molecule has 8 bridgehead atoms. The Morgan fingerprint density at radius 1 is 0.915 bits per heavy atom. The molecule has 1 saturated heterocycles. The lowest BCUT2D eigenvalue weighted by Crippen LogP contribution is -2.36. The maximum atomic E-state index is 14.4. The second kappa shape index (κ2) is 11.6. The number of esters is 2. The highest BCUT2D eigenvalue weighted by atomic mass is 16.5. The van der Waals surface area contributed by atoms with Crippen molar-refractivity contribution < 1.29 is 23.9 Å². The summed E-state index contributed by atoms with van der Waals surface area (Å²) in [6.07, 6.45) is 7.93. The monoisotopic (exact) mass is 638 g/mol. The lowest BCUT2D eigenvalue weighted by molar-refractivity contribution is -0.146. The van der Waals surface area contributed by atoms with Gasteiger partial charge in [0.15, 0.2) is 11.2 Å². The molecule has 3 aromatic rings. The van der Waals surface area contributed by atoms with Crippen molar-refractivity contribution in [3.63, 3.8) is 0 Å². The molecule has 248 valence electrons. The van der Waals surface area contributed by atoms with Crippen LogP contribution in [0.1, 0.15) is 114 Å². The average molecular weight is 639 g/mol. The summed E-state index contributed by atoms with van der Waals surface area (Å²) in [4.78, 5) is 51.5. The van der Waals surface area contributed by atoms with Crippen LogP contribution in [0.15, 0.2) is 11.4 Å². The highest BCUT2D eigenvalue weighted by molar-refractivity contribution is 6.28. The maximum absolute atomic E-state index is 14.4. The van der Waals surface area contributed by atoms with Gasteiger partial charge in [0.25, 0.3) is 0 Å². The van der Waals surface area contributed by atoms with Gasteiger partial charge >= 0.3 is 11.9 Å². The molecular weight excluding hydrogens is 592 g/mol. The van der Waals surface area contributed by atoms with Crippen LogP contribution < -0.4 is 16.0 Å². The van der Waals surface area contributed by atoms with E-state index in [1.165, 1.54) is 30.9 Å². The van der Waals surface area contributed by atoms with Crippen molar-refractivity contribution >= 4 is 41.5 Å². The minimum Gasteiger partial charge on any atom is -0.469 e. The molecule has 0 saturated carbocycles. The number of allylic oxidation sites excluding steroid dienone is 2. The van der Waals surface area contributed by atoms with E-state index < -0.39 is 11.4 Å². The van der Waals surface area contributed by atoms with Gasteiger partial charge in [-0.3, -0.25) is 14.4 Å². The van der Waals surface area contributed by atoms with Crippen LogP contribution >= 0.6 is 0 Å². The molecule has 3 atom stereocenters. The van der Waals surface area contributed by atoms with Gasteiger partial charge in [0.1, 0.15) is 0 Å². The predicted octanol–water partition coefficient (Wildman–Crippen LogP) is 5.19. The lowest BCUT2D eigenvalue weighted by atomic mass is 9.77. The van der Waals surface area contributed by atoms with Gasteiger partial charge in [0, 0.05) is 68.6 Å². The minimum atomic E-state index is -1.58. The minimum absolute atomic E-state index is 0.0569. The summed E-state index contributed by atoms with van der Waals surface area (Å²) in [5, 5.41) is 5.70. The van der Waals surface area contributed by atoms with Gasteiger partial charge in [-0.05, 0) is 92.5 Å². The molecule has 1 aliphatic carbocycles. The van der Waals surface area contributed by atoms with Gasteiger partial charge < -0.3 is 29.7 Å². The van der Waals surface area contributed by atoms with Crippen LogP contribution in [0.25, 0.3) is 23.8 Å². The molecule has 3 aromatic heterocycles. The first kappa shape index (κ1) is 32.4. The highest BCUT2D eigenvalue weighted by Crippen LogP contribution is 2.53. The van der Waals surface area contributed by atoms with Gasteiger partial charge in [0.05, 0.1) is 19.9 Å². The van der Waals surface area contributed by atoms with Crippen LogP contribution in [0, 0.1) is 38.0 Å². The molecule has 2 aliphatic heterocycles. The zero-order valence-corrected chi connectivity index (χ0v) is 29.1. The van der Waals surface area contributed by atoms with Gasteiger partial charge in [-0.1, -0.05) is 27.7 Å². The number of rotatable bonds is 6. The molecule has 9 heteroatoms. The number of methoxy groups -OCH3 is 2. The van der Waals surface area contributed by atoms with Gasteiger partial charge in [0.2, 0.25) is 0 Å². The second-order valence-electron chi connectivity index (χ2n) is 13.7. The summed E-state index contributed by atoms with van der Waals surface area (Å²) < 4.78 is 10.3. The van der Waals surface area contributed by atoms with E-state index >= 15 is 0 Å². The van der Waals surface area contributed by atoms with Crippen molar-refractivity contribution in [3.05, 3.63) is 78.2 Å². The van der Waals surface area contributed by atoms with Crippen molar-refractivity contribution in [1.29, 1.82) is 0 Å². The van der Waals surface area contributed by atoms with E-state index in [0.29, 0.717) is 23.3 Å². The Kier molecular flexibility index (Phi) is 8.01. The van der Waals surface area contributed by atoms with Crippen LogP contribution in [0.2, 0.25) is 0 Å². The van der Waals surface area contributed by atoms with E-state index in [-0.39, 0.29) is 35.9 Å². The lowest BCUT2D eigenvalue weighted by Gasteiger charge is -2.26. The number of carbonyl (C=O) groups excluding carboxylic acids is 3. The number of fused-ring (bicyclic) bond motifs is 7. The normalized spacial score (nSPS) is 21.4. The third-order valence-electron chi connectivity index (χ3n) is 10.8. The quantitative estimate of drug-likeness (QED) is 0.217. The number of nitrogens with one attached hydrogen (secondary N) is 4. The summed E-state index contributed by atoms with van der Waals surface area (Å²) in [6.45, 7) is 16.6. The first-order valence-corrected chi connectivity index (χ1v) is 16.6. The maximum Gasteiger partial charge on any atom is 0.324 e. The molecular formula is C38H46N4O5. The van der Waals surface area contributed by atoms with Crippen LogP contribution in [0.3, 0.4) is 0 Å². The third-order valence-corrected chi connectivity index (χ3v) is 10.8. The number of ketones is 1. The molecule has 0 spiro atoms. The number of H-pyrrole nitrogens is 3. The topological polar surface area (TPSA) is 129 Å². The molecule has 9 nitrogen and oxygen atoms in total. The van der Waals surface area contributed by atoms with Crippen molar-refractivity contribution in [1.82, 2.24) is 20.3 Å². The zero-order valence-electron chi connectivity index (χ0n) is 29.1. The summed E-state index contributed by atoms with van der Waals surface area (Å²) in [5.41, 5.74) is 10.2. The van der Waals surface area contributed by atoms with Gasteiger partial charge in [-0.2, -0.15) is 0 Å². The van der Waals surface area contributed by atoms with E-state index in [0.717, 1.165) is 56.7 Å². The molecule has 6 rings (SSSR count). The molecule has 4 N–H and O–H groups in total. The van der Waals surface area contributed by atoms with E-state index in [1.807, 2.05) is 6.92 Å². The Bertz CT molecular complexity index is 2030. The Balaban J connectivity index is 1.75. The van der Waals surface area contributed by atoms with Crippen LogP contribution in [0.4, 0.5) is 0 Å². The van der Waals surface area contributed by atoms with Crippen molar-refractivity contribution in [3.8, 4) is 0 Å². The number of aromatic nitrogens is 3. The van der Waals surface area contributed by atoms with Crippen molar-refractivity contribution in [2.45, 2.75) is 80.6 Å². The number of carbonyl (C=O) groups is 3. The number of Topliss-reactive ketones (excluding diaryl/α,β-unsaturated/α-hetero) is 1. The Morgan fingerprint density at radius 2 is 1.60 bits per heavy atom. The summed E-state index contributed by atoms with van der Waals surface area (Å²) in [6, 6.07) is 0. The number of ether oxygens (including phenoxy) is 2. The Labute approximate surface area is 275 Å². The fraction of sp³-hybridized carbons (Fsp3) is 0.447. The molecule has 3 unspecified atom stereocenters. The zero-order chi connectivity index (χ0) is 34.1. The second-order valence-corrected chi connectivity index (χ2v) is 13.7. The standard InChI is InChI=1S/C38H46N4O5/c1-11-22-18(4)24-16-29-31(17(2)3)20(6)26(40-29)14-25-19(5)23(12-13-30(43)46-9)34(41-25)33-35-32(36(44)38(33,8)37(45)47-10)21(7)27(42-35)15-28(22)39-24/h14-17,19,23,39-42H,11-13H2,1-10H3.